The summed E-state index contributed by atoms with van der Waals surface area (Å²) in [5, 5.41) is 9.36. The molecule has 0 saturated carbocycles. The molecule has 0 unspecified atom stereocenters. The summed E-state index contributed by atoms with van der Waals surface area (Å²) in [5.74, 6) is 1.78. The van der Waals surface area contributed by atoms with Gasteiger partial charge in [-0.1, -0.05) is 17.7 Å². The Bertz CT molecular complexity index is 815. The van der Waals surface area contributed by atoms with Crippen LogP contribution in [-0.2, 0) is 0 Å². The molecular weight excluding hydrogens is 277 g/mol. The highest BCUT2D eigenvalue weighted by Crippen LogP contribution is 2.25. The van der Waals surface area contributed by atoms with Crippen LogP contribution in [0, 0.1) is 29.5 Å². The largest absolute Gasteiger partial charge is 0.300 e. The Kier molecular flexibility index (Phi) is 3.88. The van der Waals surface area contributed by atoms with Gasteiger partial charge in [-0.2, -0.15) is 5.26 Å². The first kappa shape index (κ1) is 13.9. The van der Waals surface area contributed by atoms with E-state index in [0.29, 0.717) is 10.7 Å². The van der Waals surface area contributed by atoms with Gasteiger partial charge in [-0.3, -0.25) is 4.79 Å². The second-order valence-electron chi connectivity index (χ2n) is 3.75. The maximum absolute atomic E-state index is 13.9. The summed E-state index contributed by atoms with van der Waals surface area (Å²) in [7, 11) is 0. The van der Waals surface area contributed by atoms with E-state index in [4.69, 9.17) is 11.7 Å². The standard InChI is InChI=1S/C14H8FN3OS/c1-3-8-4-5-11(15)9(6-8)12-10(7-16)13(19)18-14(17-12)20-2/h1,4-6H,2H3,(H,17,18,19). The molecule has 0 bridgehead atoms. The van der Waals surface area contributed by atoms with E-state index < -0.39 is 11.4 Å². The summed E-state index contributed by atoms with van der Waals surface area (Å²) in [6, 6.07) is 5.76. The third kappa shape index (κ3) is 2.42. The van der Waals surface area contributed by atoms with Gasteiger partial charge in [-0.15, -0.1) is 6.42 Å². The first-order chi connectivity index (χ1) is 9.60. The minimum absolute atomic E-state index is 0.00444. The number of halogens is 1. The molecule has 0 radical (unpaired) electrons. The van der Waals surface area contributed by atoms with Gasteiger partial charge in [0, 0.05) is 11.1 Å². The molecule has 0 spiro atoms. The number of nitrogens with one attached hydrogen (secondary N) is 1. The fraction of sp³-hybridized carbons (Fsp3) is 0.0714. The van der Waals surface area contributed by atoms with Crippen LogP contribution >= 0.6 is 11.8 Å². The molecule has 0 amide bonds. The lowest BCUT2D eigenvalue weighted by atomic mass is 10.0. The Morgan fingerprint density at radius 2 is 2.25 bits per heavy atom. The SMILES string of the molecule is C#Cc1ccc(F)c(-c2nc(SC)[nH]c(=O)c2C#N)c1. The highest BCUT2D eigenvalue weighted by atomic mass is 32.2. The number of hydrogen-bond acceptors (Lipinski definition) is 4. The number of H-pyrrole nitrogens is 1. The van der Waals surface area contributed by atoms with Crippen LogP contribution in [0.2, 0.25) is 0 Å². The van der Waals surface area contributed by atoms with Crippen LogP contribution in [0.3, 0.4) is 0 Å². The summed E-state index contributed by atoms with van der Waals surface area (Å²) in [6.07, 6.45) is 6.98. The summed E-state index contributed by atoms with van der Waals surface area (Å²) in [4.78, 5) is 18.3. The molecule has 0 saturated heterocycles. The van der Waals surface area contributed by atoms with Gasteiger partial charge in [0.15, 0.2) is 5.16 Å². The van der Waals surface area contributed by atoms with Crippen molar-refractivity contribution in [2.24, 2.45) is 0 Å². The number of benzene rings is 1. The van der Waals surface area contributed by atoms with Crippen molar-refractivity contribution in [2.75, 3.05) is 6.26 Å². The molecule has 0 aliphatic heterocycles. The maximum Gasteiger partial charge on any atom is 0.270 e. The molecule has 6 heteroatoms. The third-order valence-electron chi connectivity index (χ3n) is 2.59. The normalized spacial score (nSPS) is 9.80. The first-order valence-corrected chi connectivity index (χ1v) is 6.68. The van der Waals surface area contributed by atoms with Gasteiger partial charge >= 0.3 is 0 Å². The Hall–Kier alpha value is -2.57. The Morgan fingerprint density at radius 3 is 2.85 bits per heavy atom. The number of nitrogens with zero attached hydrogens (tertiary/aromatic N) is 2. The van der Waals surface area contributed by atoms with Crippen molar-refractivity contribution in [1.29, 1.82) is 5.26 Å². The van der Waals surface area contributed by atoms with Gasteiger partial charge in [-0.25, -0.2) is 9.37 Å². The van der Waals surface area contributed by atoms with Gasteiger partial charge in [0.05, 0.1) is 5.69 Å². The van der Waals surface area contributed by atoms with Gasteiger partial charge in [0.2, 0.25) is 0 Å². The fourth-order valence-electron chi connectivity index (χ4n) is 1.64. The molecule has 1 aromatic carbocycles. The van der Waals surface area contributed by atoms with Crippen molar-refractivity contribution in [2.45, 2.75) is 5.16 Å². The summed E-state index contributed by atoms with van der Waals surface area (Å²) in [6.45, 7) is 0. The zero-order chi connectivity index (χ0) is 14.7. The maximum atomic E-state index is 13.9. The van der Waals surface area contributed by atoms with E-state index in [1.807, 2.05) is 0 Å². The number of terminal acetylenes is 1. The van der Waals surface area contributed by atoms with Crippen molar-refractivity contribution in [3.05, 3.63) is 45.5 Å². The van der Waals surface area contributed by atoms with E-state index in [1.165, 1.54) is 30.0 Å². The molecule has 0 aliphatic rings. The monoisotopic (exact) mass is 285 g/mol. The second-order valence-corrected chi connectivity index (χ2v) is 4.54. The molecule has 0 fully saturated rings. The number of hydrogen-bond donors (Lipinski definition) is 1. The summed E-state index contributed by atoms with van der Waals surface area (Å²) < 4.78 is 13.9. The average Bonchev–Trinajstić information content (AvgIpc) is 2.47. The van der Waals surface area contributed by atoms with Crippen molar-refractivity contribution in [1.82, 2.24) is 9.97 Å². The van der Waals surface area contributed by atoms with E-state index in [0.717, 1.165) is 0 Å². The number of aromatic nitrogens is 2. The lowest BCUT2D eigenvalue weighted by Crippen LogP contribution is -2.15. The van der Waals surface area contributed by atoms with Crippen LogP contribution in [0.1, 0.15) is 11.1 Å². The quantitative estimate of drug-likeness (QED) is 0.521. The second kappa shape index (κ2) is 5.60. The topological polar surface area (TPSA) is 69.5 Å². The zero-order valence-electron chi connectivity index (χ0n) is 10.4. The summed E-state index contributed by atoms with van der Waals surface area (Å²) in [5.41, 5.74) is -0.366. The van der Waals surface area contributed by atoms with Crippen molar-refractivity contribution in [3.8, 4) is 29.7 Å². The summed E-state index contributed by atoms with van der Waals surface area (Å²) >= 11 is 1.19. The number of aromatic amines is 1. The minimum atomic E-state index is -0.604. The van der Waals surface area contributed by atoms with E-state index in [1.54, 1.807) is 12.3 Å². The molecule has 2 rings (SSSR count). The number of rotatable bonds is 2. The van der Waals surface area contributed by atoms with E-state index in [9.17, 15) is 9.18 Å². The van der Waals surface area contributed by atoms with Crippen LogP contribution in [0.15, 0.2) is 28.2 Å². The van der Waals surface area contributed by atoms with Gasteiger partial charge in [0.1, 0.15) is 17.4 Å². The Morgan fingerprint density at radius 1 is 1.50 bits per heavy atom. The molecule has 98 valence electrons. The lowest BCUT2D eigenvalue weighted by Gasteiger charge is -2.06. The lowest BCUT2D eigenvalue weighted by molar-refractivity contribution is 0.630. The Labute approximate surface area is 118 Å². The van der Waals surface area contributed by atoms with E-state index in [-0.39, 0.29) is 16.8 Å². The highest BCUT2D eigenvalue weighted by Gasteiger charge is 2.16. The molecule has 2 aromatic rings. The van der Waals surface area contributed by atoms with E-state index in [2.05, 4.69) is 15.9 Å². The van der Waals surface area contributed by atoms with Crippen LogP contribution < -0.4 is 5.56 Å². The fourth-order valence-corrected chi connectivity index (χ4v) is 2.02. The van der Waals surface area contributed by atoms with Crippen molar-refractivity contribution >= 4 is 11.8 Å². The van der Waals surface area contributed by atoms with Gasteiger partial charge in [-0.05, 0) is 24.5 Å². The highest BCUT2D eigenvalue weighted by molar-refractivity contribution is 7.98. The predicted molar refractivity (Wildman–Crippen MR) is 74.7 cm³/mol. The van der Waals surface area contributed by atoms with Crippen molar-refractivity contribution in [3.63, 3.8) is 0 Å². The third-order valence-corrected chi connectivity index (χ3v) is 3.17. The minimum Gasteiger partial charge on any atom is -0.300 e. The van der Waals surface area contributed by atoms with Gasteiger partial charge in [0.25, 0.3) is 5.56 Å². The van der Waals surface area contributed by atoms with E-state index >= 15 is 0 Å². The van der Waals surface area contributed by atoms with Crippen LogP contribution in [0.4, 0.5) is 4.39 Å². The zero-order valence-corrected chi connectivity index (χ0v) is 11.2. The smallest absolute Gasteiger partial charge is 0.270 e. The molecule has 20 heavy (non-hydrogen) atoms. The predicted octanol–water partition coefficient (Wildman–Crippen LogP) is 2.15. The molecule has 1 aromatic heterocycles. The number of thioether (sulfide) groups is 1. The van der Waals surface area contributed by atoms with Crippen LogP contribution in [-0.4, -0.2) is 16.2 Å². The van der Waals surface area contributed by atoms with Crippen LogP contribution in [0.5, 0.6) is 0 Å². The number of nitriles is 1. The first-order valence-electron chi connectivity index (χ1n) is 5.45. The Balaban J connectivity index is 2.82. The molecular formula is C14H8FN3OS. The van der Waals surface area contributed by atoms with Crippen molar-refractivity contribution < 1.29 is 4.39 Å². The molecule has 1 N–H and O–H groups in total. The van der Waals surface area contributed by atoms with Crippen LogP contribution in [0.25, 0.3) is 11.3 Å². The molecule has 0 atom stereocenters. The average molecular weight is 285 g/mol. The molecule has 4 nitrogen and oxygen atoms in total. The molecule has 0 aliphatic carbocycles. The van der Waals surface area contributed by atoms with Gasteiger partial charge < -0.3 is 4.98 Å². The molecule has 1 heterocycles.